The van der Waals surface area contributed by atoms with E-state index in [1.54, 1.807) is 17.2 Å². The molecule has 2 aromatic rings. The van der Waals surface area contributed by atoms with Crippen LogP contribution in [-0.2, 0) is 0 Å². The molecule has 2 rings (SSSR count). The smallest absolute Gasteiger partial charge is 0.0858 e. The van der Waals surface area contributed by atoms with Gasteiger partial charge in [0.05, 0.1) is 18.1 Å². The predicted octanol–water partition coefficient (Wildman–Crippen LogP) is 1.88. The summed E-state index contributed by atoms with van der Waals surface area (Å²) in [6.45, 7) is 4.00. The molecule has 2 N–H and O–H groups in total. The lowest BCUT2D eigenvalue weighted by molar-refractivity contribution is 0.752. The van der Waals surface area contributed by atoms with Crippen molar-refractivity contribution in [1.82, 2.24) is 15.0 Å². The van der Waals surface area contributed by atoms with E-state index in [1.165, 1.54) is 0 Å². The second-order valence-electron chi connectivity index (χ2n) is 2.41. The minimum Gasteiger partial charge on any atom is -0.399 e. The average molecular weight is 190 g/mol. The molecule has 0 unspecified atom stereocenters. The van der Waals surface area contributed by atoms with Gasteiger partial charge in [-0.05, 0) is 24.3 Å². The Morgan fingerprint density at radius 2 is 1.50 bits per heavy atom. The van der Waals surface area contributed by atoms with Crippen molar-refractivity contribution in [3.05, 3.63) is 36.7 Å². The van der Waals surface area contributed by atoms with Gasteiger partial charge in [-0.15, -0.1) is 0 Å². The molecule has 0 amide bonds. The van der Waals surface area contributed by atoms with Crippen molar-refractivity contribution in [2.45, 2.75) is 13.8 Å². The first-order valence-electron chi connectivity index (χ1n) is 4.58. The van der Waals surface area contributed by atoms with E-state index < -0.39 is 0 Å². The van der Waals surface area contributed by atoms with Crippen LogP contribution < -0.4 is 5.73 Å². The first-order chi connectivity index (χ1) is 6.86. The Bertz CT molecular complexity index is 350. The molecule has 0 saturated carbocycles. The Morgan fingerprint density at radius 3 is 2.00 bits per heavy atom. The molecule has 0 aliphatic rings. The van der Waals surface area contributed by atoms with Crippen LogP contribution in [0, 0.1) is 0 Å². The maximum absolute atomic E-state index is 5.53. The van der Waals surface area contributed by atoms with Gasteiger partial charge >= 0.3 is 0 Å². The molecular weight excluding hydrogens is 176 g/mol. The number of benzene rings is 1. The van der Waals surface area contributed by atoms with E-state index in [0.717, 1.165) is 11.4 Å². The fourth-order valence-electron chi connectivity index (χ4n) is 0.957. The molecule has 0 saturated heterocycles. The largest absolute Gasteiger partial charge is 0.399 e. The lowest BCUT2D eigenvalue weighted by Gasteiger charge is -1.98. The van der Waals surface area contributed by atoms with Gasteiger partial charge in [-0.1, -0.05) is 13.8 Å². The Labute approximate surface area is 83.4 Å². The Morgan fingerprint density at radius 1 is 1.00 bits per heavy atom. The van der Waals surface area contributed by atoms with Crippen LogP contribution in [0.15, 0.2) is 36.7 Å². The zero-order chi connectivity index (χ0) is 10.4. The third kappa shape index (κ3) is 2.32. The van der Waals surface area contributed by atoms with Gasteiger partial charge in [-0.25, -0.2) is 0 Å². The number of hydrogen-bond acceptors (Lipinski definition) is 3. The topological polar surface area (TPSA) is 56.7 Å². The minimum absolute atomic E-state index is 0.742. The Hall–Kier alpha value is -1.84. The van der Waals surface area contributed by atoms with Gasteiger partial charge in [0.1, 0.15) is 0 Å². The molecule has 4 heteroatoms. The second-order valence-corrected chi connectivity index (χ2v) is 2.41. The van der Waals surface area contributed by atoms with Gasteiger partial charge in [0.25, 0.3) is 0 Å². The molecule has 0 fully saturated rings. The van der Waals surface area contributed by atoms with Crippen LogP contribution in [0.5, 0.6) is 0 Å². The Balaban J connectivity index is 0.000000461. The summed E-state index contributed by atoms with van der Waals surface area (Å²) in [6, 6.07) is 7.38. The zero-order valence-corrected chi connectivity index (χ0v) is 8.38. The summed E-state index contributed by atoms with van der Waals surface area (Å²) in [5.41, 5.74) is 7.18. The van der Waals surface area contributed by atoms with Crippen LogP contribution in [-0.4, -0.2) is 15.0 Å². The summed E-state index contributed by atoms with van der Waals surface area (Å²) in [5.74, 6) is 0. The van der Waals surface area contributed by atoms with E-state index >= 15 is 0 Å². The summed E-state index contributed by atoms with van der Waals surface area (Å²) in [4.78, 5) is 1.54. The van der Waals surface area contributed by atoms with Gasteiger partial charge in [0.15, 0.2) is 0 Å². The number of anilines is 1. The molecule has 0 aliphatic heterocycles. The van der Waals surface area contributed by atoms with Gasteiger partial charge < -0.3 is 5.73 Å². The summed E-state index contributed by atoms with van der Waals surface area (Å²) < 4.78 is 0. The highest BCUT2D eigenvalue weighted by Crippen LogP contribution is 2.07. The molecule has 1 heterocycles. The first-order valence-corrected chi connectivity index (χ1v) is 4.58. The Kier molecular flexibility index (Phi) is 3.67. The van der Waals surface area contributed by atoms with Crippen LogP contribution in [0.25, 0.3) is 5.69 Å². The van der Waals surface area contributed by atoms with Crippen LogP contribution >= 0.6 is 0 Å². The van der Waals surface area contributed by atoms with Crippen molar-refractivity contribution >= 4 is 5.69 Å². The second kappa shape index (κ2) is 5.01. The molecule has 1 aromatic carbocycles. The zero-order valence-electron chi connectivity index (χ0n) is 8.38. The van der Waals surface area contributed by atoms with Crippen molar-refractivity contribution in [2.24, 2.45) is 0 Å². The third-order valence-electron chi connectivity index (χ3n) is 1.54. The van der Waals surface area contributed by atoms with Gasteiger partial charge in [-0.2, -0.15) is 15.0 Å². The standard InChI is InChI=1S/C8H8N4.C2H6/c9-7-1-3-8(4-2-7)12-10-5-6-11-12;1-2/h1-6H,9H2;1-2H3. The lowest BCUT2D eigenvalue weighted by Crippen LogP contribution is -1.97. The normalized spacial score (nSPS) is 9.00. The summed E-state index contributed by atoms with van der Waals surface area (Å²) in [7, 11) is 0. The quantitative estimate of drug-likeness (QED) is 0.698. The van der Waals surface area contributed by atoms with E-state index in [0.29, 0.717) is 0 Å². The van der Waals surface area contributed by atoms with Gasteiger partial charge in [0, 0.05) is 5.69 Å². The summed E-state index contributed by atoms with van der Waals surface area (Å²) in [5, 5.41) is 7.96. The van der Waals surface area contributed by atoms with Crippen LogP contribution in [0.2, 0.25) is 0 Å². The molecule has 0 atom stereocenters. The highest BCUT2D eigenvalue weighted by molar-refractivity contribution is 5.43. The molecule has 0 aliphatic carbocycles. The van der Waals surface area contributed by atoms with Gasteiger partial charge in [0.2, 0.25) is 0 Å². The van der Waals surface area contributed by atoms with E-state index in [4.69, 9.17) is 5.73 Å². The van der Waals surface area contributed by atoms with Crippen molar-refractivity contribution in [3.8, 4) is 5.69 Å². The molecule has 74 valence electrons. The van der Waals surface area contributed by atoms with Gasteiger partial charge in [-0.3, -0.25) is 0 Å². The van der Waals surface area contributed by atoms with E-state index in [9.17, 15) is 0 Å². The highest BCUT2D eigenvalue weighted by Gasteiger charge is 1.94. The summed E-state index contributed by atoms with van der Waals surface area (Å²) in [6.07, 6.45) is 3.27. The lowest BCUT2D eigenvalue weighted by atomic mass is 10.3. The number of nitrogens with zero attached hydrogens (tertiary/aromatic N) is 3. The third-order valence-corrected chi connectivity index (χ3v) is 1.54. The molecule has 4 nitrogen and oxygen atoms in total. The number of nitrogen functional groups attached to an aromatic ring is 1. The average Bonchev–Trinajstić information content (AvgIpc) is 2.75. The van der Waals surface area contributed by atoms with Crippen LogP contribution in [0.3, 0.4) is 0 Å². The van der Waals surface area contributed by atoms with E-state index in [1.807, 2.05) is 38.1 Å². The van der Waals surface area contributed by atoms with E-state index in [2.05, 4.69) is 10.2 Å². The predicted molar refractivity (Wildman–Crippen MR) is 57.1 cm³/mol. The fraction of sp³-hybridized carbons (Fsp3) is 0.200. The monoisotopic (exact) mass is 190 g/mol. The van der Waals surface area contributed by atoms with Crippen LogP contribution in [0.1, 0.15) is 13.8 Å². The van der Waals surface area contributed by atoms with Crippen molar-refractivity contribution in [3.63, 3.8) is 0 Å². The fourth-order valence-corrected chi connectivity index (χ4v) is 0.957. The molecule has 0 bridgehead atoms. The van der Waals surface area contributed by atoms with Crippen molar-refractivity contribution < 1.29 is 0 Å². The first kappa shape index (κ1) is 10.2. The van der Waals surface area contributed by atoms with Crippen molar-refractivity contribution in [1.29, 1.82) is 0 Å². The number of rotatable bonds is 1. The molecular formula is C10H14N4. The molecule has 14 heavy (non-hydrogen) atoms. The van der Waals surface area contributed by atoms with E-state index in [-0.39, 0.29) is 0 Å². The van der Waals surface area contributed by atoms with Crippen LogP contribution in [0.4, 0.5) is 5.69 Å². The minimum atomic E-state index is 0.742. The maximum Gasteiger partial charge on any atom is 0.0858 e. The number of hydrogen-bond donors (Lipinski definition) is 1. The highest BCUT2D eigenvalue weighted by atomic mass is 15.5. The maximum atomic E-state index is 5.53. The molecule has 0 spiro atoms. The summed E-state index contributed by atoms with van der Waals surface area (Å²) >= 11 is 0. The molecule has 0 radical (unpaired) electrons. The number of aromatic nitrogens is 3. The molecule has 1 aromatic heterocycles. The number of nitrogens with two attached hydrogens (primary N) is 1. The SMILES string of the molecule is CC.Nc1ccc(-n2nccn2)cc1. The van der Waals surface area contributed by atoms with Crippen molar-refractivity contribution in [2.75, 3.05) is 5.73 Å².